The number of pyridine rings is 2. The normalized spacial score (nSPS) is 14.1. The van der Waals surface area contributed by atoms with Gasteiger partial charge in [0.1, 0.15) is 34.1 Å². The third-order valence-electron chi connectivity index (χ3n) is 7.74. The molecule has 0 amide bonds. The van der Waals surface area contributed by atoms with Crippen LogP contribution in [0.4, 0.5) is 8.78 Å². The number of hydrogen-bond donors (Lipinski definition) is 3. The first-order valence-corrected chi connectivity index (χ1v) is 13.6. The van der Waals surface area contributed by atoms with Crippen LogP contribution in [0.5, 0.6) is 0 Å². The van der Waals surface area contributed by atoms with Gasteiger partial charge < -0.3 is 10.3 Å². The summed E-state index contributed by atoms with van der Waals surface area (Å²) in [5.74, 6) is 0.393. The summed E-state index contributed by atoms with van der Waals surface area (Å²) in [6.45, 7) is 1.73. The van der Waals surface area contributed by atoms with Crippen molar-refractivity contribution in [1.82, 2.24) is 35.5 Å². The lowest BCUT2D eigenvalue weighted by Crippen LogP contribution is -2.20. The van der Waals surface area contributed by atoms with Gasteiger partial charge in [-0.3, -0.25) is 15.1 Å². The second-order valence-corrected chi connectivity index (χ2v) is 10.4. The maximum atomic E-state index is 15.3. The highest BCUT2D eigenvalue weighted by Gasteiger charge is 2.20. The lowest BCUT2D eigenvalue weighted by molar-refractivity contribution is 0.489. The van der Waals surface area contributed by atoms with Crippen LogP contribution in [-0.2, 0) is 6.54 Å². The van der Waals surface area contributed by atoms with Gasteiger partial charge in [0.2, 0.25) is 0 Å². The van der Waals surface area contributed by atoms with Crippen LogP contribution in [0.1, 0.15) is 31.2 Å². The molecule has 6 aromatic rings. The molecule has 0 unspecified atom stereocenters. The van der Waals surface area contributed by atoms with Crippen molar-refractivity contribution < 1.29 is 8.78 Å². The van der Waals surface area contributed by atoms with Gasteiger partial charge in [0.15, 0.2) is 5.82 Å². The Bertz CT molecular complexity index is 1840. The molecule has 4 heterocycles. The van der Waals surface area contributed by atoms with Crippen LogP contribution < -0.4 is 5.32 Å². The minimum atomic E-state index is -0.416. The molecule has 3 N–H and O–H groups in total. The van der Waals surface area contributed by atoms with E-state index in [1.54, 1.807) is 36.7 Å². The first-order valence-electron chi connectivity index (χ1n) is 13.6. The number of H-pyrrole nitrogens is 2. The summed E-state index contributed by atoms with van der Waals surface area (Å²) in [4.78, 5) is 16.8. The standard InChI is InChI=1S/C31H27F2N7/c32-24-8-4-3-7-22(24)28-30-26(9-10-36-28)37-31(38-30)29-23-12-20(13-25(33)27(23)39-40-29)21-11-19(16-35-17-21)15-34-14-18-5-1-2-6-18/h3-4,7-13,16-18,34H,1-2,5-6,14-15H2,(H,37,38)(H,39,40). The highest BCUT2D eigenvalue weighted by molar-refractivity contribution is 5.97. The number of fused-ring (bicyclic) bond motifs is 2. The molecule has 7 rings (SSSR count). The Kier molecular flexibility index (Phi) is 6.28. The topological polar surface area (TPSA) is 95.2 Å². The van der Waals surface area contributed by atoms with E-state index in [0.29, 0.717) is 44.8 Å². The Morgan fingerprint density at radius 2 is 1.80 bits per heavy atom. The van der Waals surface area contributed by atoms with E-state index in [-0.39, 0.29) is 11.3 Å². The molecule has 0 spiro atoms. The highest BCUT2D eigenvalue weighted by atomic mass is 19.1. The molecule has 1 aliphatic rings. The zero-order valence-electron chi connectivity index (χ0n) is 21.7. The molecule has 0 bridgehead atoms. The summed E-state index contributed by atoms with van der Waals surface area (Å²) in [7, 11) is 0. The lowest BCUT2D eigenvalue weighted by atomic mass is 10.0. The Labute approximate surface area is 229 Å². The molecule has 0 radical (unpaired) electrons. The van der Waals surface area contributed by atoms with Crippen molar-refractivity contribution in [2.24, 2.45) is 5.92 Å². The number of nitrogens with one attached hydrogen (secondary N) is 3. The largest absolute Gasteiger partial charge is 0.336 e. The second kappa shape index (κ2) is 10.2. The second-order valence-electron chi connectivity index (χ2n) is 10.4. The van der Waals surface area contributed by atoms with Gasteiger partial charge >= 0.3 is 0 Å². The number of rotatable bonds is 7. The number of benzene rings is 2. The van der Waals surface area contributed by atoms with Gasteiger partial charge in [-0.05, 0) is 72.8 Å². The SMILES string of the molecule is Fc1ccccc1-c1nccc2[nH]c(-c3n[nH]c4c(F)cc(-c5cncc(CNCC6CCCC6)c5)cc34)nc12. The summed E-state index contributed by atoms with van der Waals surface area (Å²) in [5, 5.41) is 11.3. The average molecular weight is 536 g/mol. The van der Waals surface area contributed by atoms with Gasteiger partial charge in [-0.15, -0.1) is 0 Å². The summed E-state index contributed by atoms with van der Waals surface area (Å²) in [6.07, 6.45) is 10.4. The molecule has 9 heteroatoms. The van der Waals surface area contributed by atoms with Gasteiger partial charge in [0, 0.05) is 41.6 Å². The van der Waals surface area contributed by atoms with Gasteiger partial charge in [-0.25, -0.2) is 13.8 Å². The molecule has 0 aliphatic heterocycles. The van der Waals surface area contributed by atoms with E-state index in [0.717, 1.165) is 30.1 Å². The summed E-state index contributed by atoms with van der Waals surface area (Å²) >= 11 is 0. The van der Waals surface area contributed by atoms with E-state index in [9.17, 15) is 4.39 Å². The monoisotopic (exact) mass is 535 g/mol. The molecule has 40 heavy (non-hydrogen) atoms. The van der Waals surface area contributed by atoms with Crippen LogP contribution in [0.15, 0.2) is 67.1 Å². The predicted molar refractivity (Wildman–Crippen MR) is 151 cm³/mol. The predicted octanol–water partition coefficient (Wildman–Crippen LogP) is 6.79. The van der Waals surface area contributed by atoms with Crippen molar-refractivity contribution in [3.63, 3.8) is 0 Å². The molecule has 7 nitrogen and oxygen atoms in total. The van der Waals surface area contributed by atoms with Gasteiger partial charge in [-0.2, -0.15) is 5.10 Å². The third-order valence-corrected chi connectivity index (χ3v) is 7.74. The number of halogens is 2. The quantitative estimate of drug-likeness (QED) is 0.209. The summed E-state index contributed by atoms with van der Waals surface area (Å²) in [5.41, 5.74) is 5.30. The number of imidazole rings is 1. The molecule has 1 saturated carbocycles. The van der Waals surface area contributed by atoms with E-state index < -0.39 is 5.82 Å². The van der Waals surface area contributed by atoms with Crippen molar-refractivity contribution >= 4 is 21.9 Å². The van der Waals surface area contributed by atoms with Crippen LogP contribution >= 0.6 is 0 Å². The van der Waals surface area contributed by atoms with E-state index in [4.69, 9.17) is 4.98 Å². The zero-order valence-corrected chi connectivity index (χ0v) is 21.7. The Morgan fingerprint density at radius 1 is 0.925 bits per heavy atom. The molecule has 0 saturated heterocycles. The van der Waals surface area contributed by atoms with E-state index >= 15 is 4.39 Å². The first kappa shape index (κ1) is 24.5. The fourth-order valence-electron chi connectivity index (χ4n) is 5.70. The van der Waals surface area contributed by atoms with Gasteiger partial charge in [0.25, 0.3) is 0 Å². The summed E-state index contributed by atoms with van der Waals surface area (Å²) < 4.78 is 29.8. The smallest absolute Gasteiger partial charge is 0.159 e. The minimum absolute atomic E-state index is 0.286. The minimum Gasteiger partial charge on any atom is -0.336 e. The van der Waals surface area contributed by atoms with Crippen LogP contribution in [0, 0.1) is 17.6 Å². The van der Waals surface area contributed by atoms with E-state index in [2.05, 4.69) is 30.5 Å². The van der Waals surface area contributed by atoms with Crippen LogP contribution in [0.2, 0.25) is 0 Å². The fraction of sp³-hybridized carbons (Fsp3) is 0.226. The molecule has 200 valence electrons. The molecule has 4 aromatic heterocycles. The van der Waals surface area contributed by atoms with Crippen molar-refractivity contribution in [3.05, 3.63) is 84.3 Å². The van der Waals surface area contributed by atoms with Crippen molar-refractivity contribution in [3.8, 4) is 33.9 Å². The van der Waals surface area contributed by atoms with Crippen LogP contribution in [0.25, 0.3) is 55.8 Å². The lowest BCUT2D eigenvalue weighted by Gasteiger charge is -2.11. The Balaban J connectivity index is 1.24. The third kappa shape index (κ3) is 4.52. The molecule has 1 aliphatic carbocycles. The van der Waals surface area contributed by atoms with Crippen LogP contribution in [-0.4, -0.2) is 36.7 Å². The van der Waals surface area contributed by atoms with Crippen molar-refractivity contribution in [2.75, 3.05) is 6.54 Å². The van der Waals surface area contributed by atoms with Gasteiger partial charge in [0.05, 0.1) is 5.52 Å². The number of hydrogen-bond acceptors (Lipinski definition) is 5. The van der Waals surface area contributed by atoms with E-state index in [1.807, 2.05) is 18.3 Å². The zero-order chi connectivity index (χ0) is 27.1. The van der Waals surface area contributed by atoms with Crippen molar-refractivity contribution in [1.29, 1.82) is 0 Å². The number of aromatic amines is 2. The molecular weight excluding hydrogens is 508 g/mol. The summed E-state index contributed by atoms with van der Waals surface area (Å²) in [6, 6.07) is 13.7. The fourth-order valence-corrected chi connectivity index (χ4v) is 5.70. The maximum absolute atomic E-state index is 15.3. The molecule has 2 aromatic carbocycles. The molecular formula is C31H27F2N7. The van der Waals surface area contributed by atoms with Crippen molar-refractivity contribution in [2.45, 2.75) is 32.2 Å². The molecule has 0 atom stereocenters. The Morgan fingerprint density at radius 3 is 2.67 bits per heavy atom. The average Bonchev–Trinajstić information content (AvgIpc) is 3.73. The number of aromatic nitrogens is 6. The molecule has 1 fully saturated rings. The van der Waals surface area contributed by atoms with Crippen LogP contribution in [0.3, 0.4) is 0 Å². The first-order chi connectivity index (χ1) is 19.6. The highest BCUT2D eigenvalue weighted by Crippen LogP contribution is 2.34. The Hall–Kier alpha value is -4.50. The van der Waals surface area contributed by atoms with E-state index in [1.165, 1.54) is 37.8 Å². The van der Waals surface area contributed by atoms with Gasteiger partial charge in [-0.1, -0.05) is 25.0 Å². The maximum Gasteiger partial charge on any atom is 0.159 e. The number of nitrogens with zero attached hydrogens (tertiary/aromatic N) is 4.